The first-order valence-electron chi connectivity index (χ1n) is 7.56. The second-order valence-corrected chi connectivity index (χ2v) is 5.69. The van der Waals surface area contributed by atoms with Gasteiger partial charge in [-0.15, -0.1) is 0 Å². The van der Waals surface area contributed by atoms with Gasteiger partial charge >= 0.3 is 12.1 Å². The van der Waals surface area contributed by atoms with Crippen LogP contribution < -0.4 is 5.32 Å². The summed E-state index contributed by atoms with van der Waals surface area (Å²) in [6.45, 7) is 5.39. The van der Waals surface area contributed by atoms with Crippen LogP contribution in [0.5, 0.6) is 0 Å². The van der Waals surface area contributed by atoms with Crippen LogP contribution in [0.1, 0.15) is 47.6 Å². The number of aromatic carboxylic acids is 1. The Labute approximate surface area is 139 Å². The van der Waals surface area contributed by atoms with Gasteiger partial charge in [0.05, 0.1) is 0 Å². The van der Waals surface area contributed by atoms with E-state index in [9.17, 15) is 9.59 Å². The number of hydrogen-bond donors (Lipinski definition) is 2. The molecular weight excluding hydrogens is 312 g/mol. The van der Waals surface area contributed by atoms with Crippen molar-refractivity contribution in [2.24, 2.45) is 5.92 Å². The number of ether oxygens (including phenoxy) is 1. The Morgan fingerprint density at radius 2 is 1.96 bits per heavy atom. The molecule has 2 N–H and O–H groups in total. The van der Waals surface area contributed by atoms with Crippen LogP contribution in [-0.4, -0.2) is 22.2 Å². The summed E-state index contributed by atoms with van der Waals surface area (Å²) in [6, 6.07) is 8.71. The van der Waals surface area contributed by atoms with Gasteiger partial charge in [0.15, 0.2) is 5.69 Å². The van der Waals surface area contributed by atoms with Gasteiger partial charge in [-0.05, 0) is 18.4 Å². The Morgan fingerprint density at radius 3 is 2.50 bits per heavy atom. The molecule has 0 bridgehead atoms. The molecule has 7 nitrogen and oxygen atoms in total. The topological polar surface area (TPSA) is 102 Å². The smallest absolute Gasteiger partial charge is 0.408 e. The number of rotatable bonds is 6. The van der Waals surface area contributed by atoms with Crippen molar-refractivity contribution in [1.29, 1.82) is 0 Å². The third-order valence-electron chi connectivity index (χ3n) is 3.43. The Morgan fingerprint density at radius 1 is 1.29 bits per heavy atom. The van der Waals surface area contributed by atoms with Gasteiger partial charge in [0.1, 0.15) is 18.4 Å². The molecule has 1 atom stereocenters. The fraction of sp³-hybridized carbons (Fsp3) is 0.353. The summed E-state index contributed by atoms with van der Waals surface area (Å²) in [7, 11) is 0. The molecule has 0 radical (unpaired) electrons. The van der Waals surface area contributed by atoms with E-state index in [0.29, 0.717) is 0 Å². The lowest BCUT2D eigenvalue weighted by Gasteiger charge is -2.19. The molecule has 0 aliphatic heterocycles. The van der Waals surface area contributed by atoms with Crippen molar-refractivity contribution < 1.29 is 23.8 Å². The van der Waals surface area contributed by atoms with E-state index in [2.05, 4.69) is 10.3 Å². The first-order chi connectivity index (χ1) is 11.4. The van der Waals surface area contributed by atoms with Gasteiger partial charge in [-0.25, -0.2) is 14.6 Å². The molecule has 0 saturated heterocycles. The number of carboxylic acid groups (broad SMARTS) is 1. The highest BCUT2D eigenvalue weighted by molar-refractivity contribution is 5.86. The molecular formula is C17H20N2O5. The Kier molecular flexibility index (Phi) is 5.57. The molecule has 1 amide bonds. The lowest BCUT2D eigenvalue weighted by Crippen LogP contribution is -2.32. The molecule has 0 aliphatic carbocycles. The average Bonchev–Trinajstić information content (AvgIpc) is 2.93. The number of amides is 1. The maximum atomic E-state index is 12.0. The third kappa shape index (κ3) is 4.34. The summed E-state index contributed by atoms with van der Waals surface area (Å²) in [5.41, 5.74) is 0.712. The van der Waals surface area contributed by atoms with Gasteiger partial charge in [-0.1, -0.05) is 44.2 Å². The molecule has 2 rings (SSSR count). The molecule has 128 valence electrons. The normalized spacial score (nSPS) is 12.0. The van der Waals surface area contributed by atoms with Gasteiger partial charge in [-0.2, -0.15) is 0 Å². The number of carbonyl (C=O) groups excluding carboxylic acids is 1. The van der Waals surface area contributed by atoms with Crippen LogP contribution in [0.25, 0.3) is 0 Å². The number of alkyl carbamates (subject to hydrolysis) is 1. The lowest BCUT2D eigenvalue weighted by atomic mass is 10.1. The van der Waals surface area contributed by atoms with Gasteiger partial charge in [0.25, 0.3) is 0 Å². The predicted molar refractivity (Wildman–Crippen MR) is 85.5 cm³/mol. The zero-order valence-electron chi connectivity index (χ0n) is 13.8. The van der Waals surface area contributed by atoms with E-state index < -0.39 is 18.1 Å². The zero-order chi connectivity index (χ0) is 17.7. The van der Waals surface area contributed by atoms with Crippen molar-refractivity contribution >= 4 is 12.1 Å². The molecule has 2 aromatic rings. The summed E-state index contributed by atoms with van der Waals surface area (Å²) in [5, 5.41) is 11.7. The van der Waals surface area contributed by atoms with Crippen LogP contribution in [0.3, 0.4) is 0 Å². The molecule has 0 saturated carbocycles. The summed E-state index contributed by atoms with van der Waals surface area (Å²) < 4.78 is 10.6. The van der Waals surface area contributed by atoms with Gasteiger partial charge in [-0.3, -0.25) is 0 Å². The molecule has 1 heterocycles. The first-order valence-corrected chi connectivity index (χ1v) is 7.56. The highest BCUT2D eigenvalue weighted by atomic mass is 16.5. The molecule has 1 aromatic carbocycles. The van der Waals surface area contributed by atoms with Gasteiger partial charge in [0, 0.05) is 0 Å². The molecule has 0 unspecified atom stereocenters. The van der Waals surface area contributed by atoms with Crippen LogP contribution in [0, 0.1) is 12.8 Å². The minimum Gasteiger partial charge on any atom is -0.476 e. The first kappa shape index (κ1) is 17.5. The van der Waals surface area contributed by atoms with E-state index in [0.717, 1.165) is 5.56 Å². The maximum Gasteiger partial charge on any atom is 0.408 e. The minimum atomic E-state index is -1.17. The Bertz CT molecular complexity index is 709. The number of aromatic nitrogens is 1. The summed E-state index contributed by atoms with van der Waals surface area (Å²) >= 11 is 0. The van der Waals surface area contributed by atoms with E-state index >= 15 is 0 Å². The number of benzene rings is 1. The standard InChI is InChI=1S/C17H20N2O5/c1-10(2)13(15-18-14(16(20)21)11(3)24-15)19-17(22)23-9-12-7-5-4-6-8-12/h4-8,10,13H,9H2,1-3H3,(H,19,22)(H,20,21)/t13-/m1/s1. The highest BCUT2D eigenvalue weighted by Crippen LogP contribution is 2.23. The second kappa shape index (κ2) is 7.63. The van der Waals surface area contributed by atoms with E-state index in [1.165, 1.54) is 6.92 Å². The van der Waals surface area contributed by atoms with Crippen molar-refractivity contribution in [2.75, 3.05) is 0 Å². The molecule has 0 spiro atoms. The Balaban J connectivity index is 2.04. The van der Waals surface area contributed by atoms with E-state index in [-0.39, 0.29) is 29.9 Å². The van der Waals surface area contributed by atoms with Crippen molar-refractivity contribution in [2.45, 2.75) is 33.4 Å². The predicted octanol–water partition coefficient (Wildman–Crippen LogP) is 3.30. The molecule has 1 aromatic heterocycles. The summed E-state index contributed by atoms with van der Waals surface area (Å²) in [4.78, 5) is 27.1. The number of nitrogens with zero attached hydrogens (tertiary/aromatic N) is 1. The minimum absolute atomic E-state index is 0.0611. The Hall–Kier alpha value is -2.83. The number of hydrogen-bond acceptors (Lipinski definition) is 5. The second-order valence-electron chi connectivity index (χ2n) is 5.69. The average molecular weight is 332 g/mol. The fourth-order valence-corrected chi connectivity index (χ4v) is 2.15. The van der Waals surface area contributed by atoms with Crippen molar-refractivity contribution in [3.8, 4) is 0 Å². The van der Waals surface area contributed by atoms with Crippen molar-refractivity contribution in [1.82, 2.24) is 10.3 Å². The van der Waals surface area contributed by atoms with Crippen LogP contribution >= 0.6 is 0 Å². The van der Waals surface area contributed by atoms with Crippen LogP contribution in [0.15, 0.2) is 34.7 Å². The molecule has 24 heavy (non-hydrogen) atoms. The number of nitrogens with one attached hydrogen (secondary N) is 1. The van der Waals surface area contributed by atoms with E-state index in [1.807, 2.05) is 44.2 Å². The van der Waals surface area contributed by atoms with E-state index in [4.69, 9.17) is 14.3 Å². The van der Waals surface area contributed by atoms with Crippen LogP contribution in [0.2, 0.25) is 0 Å². The van der Waals surface area contributed by atoms with Crippen LogP contribution in [0.4, 0.5) is 4.79 Å². The number of carboxylic acids is 1. The van der Waals surface area contributed by atoms with Crippen molar-refractivity contribution in [3.63, 3.8) is 0 Å². The monoisotopic (exact) mass is 332 g/mol. The van der Waals surface area contributed by atoms with Gasteiger partial charge in [0.2, 0.25) is 5.89 Å². The molecule has 0 fully saturated rings. The number of oxazole rings is 1. The fourth-order valence-electron chi connectivity index (χ4n) is 2.15. The van der Waals surface area contributed by atoms with E-state index in [1.54, 1.807) is 0 Å². The highest BCUT2D eigenvalue weighted by Gasteiger charge is 2.27. The molecule has 7 heteroatoms. The number of carbonyl (C=O) groups is 2. The van der Waals surface area contributed by atoms with Gasteiger partial charge < -0.3 is 19.6 Å². The zero-order valence-corrected chi connectivity index (χ0v) is 13.8. The maximum absolute atomic E-state index is 12.0. The summed E-state index contributed by atoms with van der Waals surface area (Å²) in [5.74, 6) is -0.884. The largest absolute Gasteiger partial charge is 0.476 e. The third-order valence-corrected chi connectivity index (χ3v) is 3.43. The van der Waals surface area contributed by atoms with Crippen LogP contribution in [-0.2, 0) is 11.3 Å². The SMILES string of the molecule is Cc1oc([C@H](NC(=O)OCc2ccccc2)C(C)C)nc1C(=O)O. The quantitative estimate of drug-likeness (QED) is 0.841. The summed E-state index contributed by atoms with van der Waals surface area (Å²) in [6.07, 6.45) is -0.620. The number of aryl methyl sites for hydroxylation is 1. The molecule has 0 aliphatic rings. The lowest BCUT2D eigenvalue weighted by molar-refractivity contribution is 0.0689. The van der Waals surface area contributed by atoms with Crippen molar-refractivity contribution in [3.05, 3.63) is 53.2 Å².